The molecule has 0 aliphatic carbocycles. The van der Waals surface area contributed by atoms with E-state index in [1.54, 1.807) is 11.3 Å². The molecule has 0 radical (unpaired) electrons. The molecule has 0 spiro atoms. The normalized spacial score (nSPS) is 18.7. The summed E-state index contributed by atoms with van der Waals surface area (Å²) in [5.41, 5.74) is 4.27. The van der Waals surface area contributed by atoms with Crippen LogP contribution in [0.3, 0.4) is 0 Å². The molecule has 3 amide bonds. The molecular formula is C32H48N4O4S. The van der Waals surface area contributed by atoms with Crippen molar-refractivity contribution in [3.8, 4) is 10.4 Å². The topological polar surface area (TPSA) is 112 Å². The number of amides is 3. The van der Waals surface area contributed by atoms with Gasteiger partial charge in [-0.2, -0.15) is 0 Å². The van der Waals surface area contributed by atoms with Gasteiger partial charge in [0.25, 0.3) is 0 Å². The molecule has 226 valence electrons. The summed E-state index contributed by atoms with van der Waals surface area (Å²) in [7, 11) is 0. The minimum Gasteiger partial charge on any atom is -0.391 e. The zero-order valence-electron chi connectivity index (χ0n) is 25.5. The van der Waals surface area contributed by atoms with Gasteiger partial charge in [0, 0.05) is 19.4 Å². The Hall–Kier alpha value is -2.78. The van der Waals surface area contributed by atoms with E-state index in [-0.39, 0.29) is 36.7 Å². The number of aliphatic hydroxyl groups excluding tert-OH is 1. The third kappa shape index (κ3) is 9.10. The predicted octanol–water partition coefficient (Wildman–Crippen LogP) is 5.54. The van der Waals surface area contributed by atoms with Gasteiger partial charge in [-0.3, -0.25) is 14.4 Å². The molecule has 1 unspecified atom stereocenters. The van der Waals surface area contributed by atoms with Gasteiger partial charge in [0.05, 0.1) is 28.2 Å². The van der Waals surface area contributed by atoms with E-state index < -0.39 is 23.6 Å². The standard InChI is InChI=1S/C32H48N4O4S/c1-7-8-9-10-11-12-13-27(38)35-29(32(4,5)6)31(40)36-19-25(37)18-26(36)30(39)34-21(2)23-14-16-24(17-15-23)28-22(3)33-20-41-28/h14-17,20-21,25-26,29,37H,7-13,18-19H2,1-6H3,(H,34,39)(H,35,38)/t21-,25+,26?,29+/m0/s1. The maximum atomic E-state index is 13.8. The number of aromatic nitrogens is 1. The van der Waals surface area contributed by atoms with E-state index >= 15 is 0 Å². The Balaban J connectivity index is 1.63. The zero-order chi connectivity index (χ0) is 30.2. The number of aryl methyl sites for hydroxylation is 1. The molecule has 9 heteroatoms. The number of nitrogens with one attached hydrogen (secondary N) is 2. The number of likely N-dealkylation sites (tertiary alicyclic amines) is 1. The average Bonchev–Trinajstić information content (AvgIpc) is 3.53. The van der Waals surface area contributed by atoms with E-state index in [4.69, 9.17) is 0 Å². The average molecular weight is 585 g/mol. The smallest absolute Gasteiger partial charge is 0.246 e. The van der Waals surface area contributed by atoms with Crippen molar-refractivity contribution in [1.82, 2.24) is 20.5 Å². The highest BCUT2D eigenvalue weighted by Crippen LogP contribution is 2.29. The number of thiazole rings is 1. The summed E-state index contributed by atoms with van der Waals surface area (Å²) in [6, 6.07) is 6.13. The third-order valence-corrected chi connectivity index (χ3v) is 8.80. The Labute approximate surface area is 249 Å². The van der Waals surface area contributed by atoms with Gasteiger partial charge in [-0.1, -0.05) is 84.1 Å². The molecular weight excluding hydrogens is 536 g/mol. The van der Waals surface area contributed by atoms with Gasteiger partial charge in [-0.15, -0.1) is 11.3 Å². The van der Waals surface area contributed by atoms with Crippen LogP contribution >= 0.6 is 11.3 Å². The van der Waals surface area contributed by atoms with Gasteiger partial charge in [-0.25, -0.2) is 4.98 Å². The quantitative estimate of drug-likeness (QED) is 0.268. The number of rotatable bonds is 13. The van der Waals surface area contributed by atoms with Gasteiger partial charge >= 0.3 is 0 Å². The lowest BCUT2D eigenvalue weighted by Crippen LogP contribution is -2.57. The molecule has 8 nitrogen and oxygen atoms in total. The summed E-state index contributed by atoms with van der Waals surface area (Å²) in [4.78, 5) is 46.9. The Morgan fingerprint density at radius 3 is 2.34 bits per heavy atom. The van der Waals surface area contributed by atoms with E-state index in [1.807, 2.05) is 64.4 Å². The van der Waals surface area contributed by atoms with Gasteiger partial charge in [0.15, 0.2) is 0 Å². The van der Waals surface area contributed by atoms with Crippen LogP contribution in [0.5, 0.6) is 0 Å². The Bertz CT molecular complexity index is 1160. The number of carbonyl (C=O) groups excluding carboxylic acids is 3. The lowest BCUT2D eigenvalue weighted by molar-refractivity contribution is -0.144. The number of carbonyl (C=O) groups is 3. The first-order valence-electron chi connectivity index (χ1n) is 15.0. The predicted molar refractivity (Wildman–Crippen MR) is 164 cm³/mol. The molecule has 41 heavy (non-hydrogen) atoms. The van der Waals surface area contributed by atoms with E-state index in [0.29, 0.717) is 6.42 Å². The molecule has 2 aromatic rings. The van der Waals surface area contributed by atoms with Crippen molar-refractivity contribution in [3.63, 3.8) is 0 Å². The van der Waals surface area contributed by atoms with E-state index in [2.05, 4.69) is 22.5 Å². The van der Waals surface area contributed by atoms with E-state index in [9.17, 15) is 19.5 Å². The van der Waals surface area contributed by atoms with Crippen LogP contribution in [-0.4, -0.2) is 57.4 Å². The molecule has 1 aromatic carbocycles. The number of unbranched alkanes of at least 4 members (excludes halogenated alkanes) is 5. The van der Waals surface area contributed by atoms with Crippen LogP contribution in [0.2, 0.25) is 0 Å². The second kappa shape index (κ2) is 14.9. The van der Waals surface area contributed by atoms with Crippen molar-refractivity contribution < 1.29 is 19.5 Å². The van der Waals surface area contributed by atoms with Crippen molar-refractivity contribution in [2.24, 2.45) is 5.41 Å². The Morgan fingerprint density at radius 2 is 1.73 bits per heavy atom. The molecule has 1 saturated heterocycles. The SMILES string of the molecule is CCCCCCCCC(=O)N[C@H](C(=O)N1C[C@H](O)CC1C(=O)N[C@@H](C)c1ccc(-c2scnc2C)cc1)C(C)(C)C. The molecule has 0 saturated carbocycles. The fourth-order valence-electron chi connectivity index (χ4n) is 5.31. The lowest BCUT2D eigenvalue weighted by atomic mass is 9.85. The number of nitrogens with zero attached hydrogens (tertiary/aromatic N) is 2. The number of β-amino-alcohol motifs (C(OH)–C–C–N with tert-alkyl or cyclic N) is 1. The van der Waals surface area contributed by atoms with Crippen molar-refractivity contribution in [1.29, 1.82) is 0 Å². The lowest BCUT2D eigenvalue weighted by Gasteiger charge is -2.35. The molecule has 3 rings (SSSR count). The Kier molecular flexibility index (Phi) is 11.9. The van der Waals surface area contributed by atoms with Crippen molar-refractivity contribution >= 4 is 29.1 Å². The first-order valence-corrected chi connectivity index (χ1v) is 15.9. The number of hydrogen-bond acceptors (Lipinski definition) is 6. The molecule has 4 atom stereocenters. The van der Waals surface area contributed by atoms with Crippen LogP contribution in [0.25, 0.3) is 10.4 Å². The third-order valence-electron chi connectivity index (χ3n) is 7.82. The molecule has 1 aliphatic heterocycles. The second-order valence-electron chi connectivity index (χ2n) is 12.4. The maximum Gasteiger partial charge on any atom is 0.246 e. The summed E-state index contributed by atoms with van der Waals surface area (Å²) in [5.74, 6) is -0.793. The van der Waals surface area contributed by atoms with Crippen LogP contribution < -0.4 is 10.6 Å². The van der Waals surface area contributed by atoms with Crippen LogP contribution in [0.4, 0.5) is 0 Å². The van der Waals surface area contributed by atoms with Gasteiger partial charge in [0.2, 0.25) is 17.7 Å². The first-order chi connectivity index (χ1) is 19.4. The molecule has 1 fully saturated rings. The largest absolute Gasteiger partial charge is 0.391 e. The molecule has 0 bridgehead atoms. The van der Waals surface area contributed by atoms with Crippen LogP contribution in [-0.2, 0) is 14.4 Å². The van der Waals surface area contributed by atoms with Gasteiger partial charge < -0.3 is 20.6 Å². The fourth-order valence-corrected chi connectivity index (χ4v) is 6.13. The fraction of sp³-hybridized carbons (Fsp3) is 0.625. The van der Waals surface area contributed by atoms with Crippen molar-refractivity contribution in [2.75, 3.05) is 6.54 Å². The van der Waals surface area contributed by atoms with E-state index in [1.165, 1.54) is 24.2 Å². The van der Waals surface area contributed by atoms with Crippen LogP contribution in [0, 0.1) is 12.3 Å². The molecule has 1 aromatic heterocycles. The molecule has 2 heterocycles. The monoisotopic (exact) mass is 584 g/mol. The van der Waals surface area contributed by atoms with Crippen LogP contribution in [0.15, 0.2) is 29.8 Å². The van der Waals surface area contributed by atoms with Crippen molar-refractivity contribution in [2.45, 2.75) is 117 Å². The summed E-state index contributed by atoms with van der Waals surface area (Å²) < 4.78 is 0. The maximum absolute atomic E-state index is 13.8. The minimum absolute atomic E-state index is 0.0636. The second-order valence-corrected chi connectivity index (χ2v) is 13.3. The van der Waals surface area contributed by atoms with Crippen molar-refractivity contribution in [3.05, 3.63) is 41.0 Å². The highest BCUT2D eigenvalue weighted by atomic mass is 32.1. The summed E-state index contributed by atoms with van der Waals surface area (Å²) in [6.07, 6.45) is 6.20. The number of aliphatic hydroxyl groups is 1. The minimum atomic E-state index is -0.806. The van der Waals surface area contributed by atoms with E-state index in [0.717, 1.165) is 41.0 Å². The summed E-state index contributed by atoms with van der Waals surface area (Å²) >= 11 is 1.59. The van der Waals surface area contributed by atoms with Gasteiger partial charge in [-0.05, 0) is 36.8 Å². The van der Waals surface area contributed by atoms with Crippen LogP contribution in [0.1, 0.15) is 103 Å². The molecule has 3 N–H and O–H groups in total. The molecule has 1 aliphatic rings. The first kappa shape index (κ1) is 32.7. The summed E-state index contributed by atoms with van der Waals surface area (Å²) in [6.45, 7) is 11.8. The summed E-state index contributed by atoms with van der Waals surface area (Å²) in [5, 5.41) is 16.5. The number of benzene rings is 1. The highest BCUT2D eigenvalue weighted by Gasteiger charge is 2.44. The zero-order valence-corrected chi connectivity index (χ0v) is 26.4. The number of hydrogen-bond donors (Lipinski definition) is 3. The van der Waals surface area contributed by atoms with Gasteiger partial charge in [0.1, 0.15) is 12.1 Å². The highest BCUT2D eigenvalue weighted by molar-refractivity contribution is 7.13. The Morgan fingerprint density at radius 1 is 1.07 bits per heavy atom.